The van der Waals surface area contributed by atoms with Gasteiger partial charge in [-0.3, -0.25) is 14.0 Å². The Bertz CT molecular complexity index is 1130. The average molecular weight is 394 g/mol. The normalized spacial score (nSPS) is 15.4. The van der Waals surface area contributed by atoms with E-state index in [0.29, 0.717) is 10.7 Å². The highest BCUT2D eigenvalue weighted by atomic mass is 32.1. The number of hydrogen-bond donors (Lipinski definition) is 0. The summed E-state index contributed by atoms with van der Waals surface area (Å²) in [5.74, 6) is -0.287. The van der Waals surface area contributed by atoms with Crippen molar-refractivity contribution < 1.29 is 9.53 Å². The number of fused-ring (bicyclic) bond motifs is 4. The Kier molecular flexibility index (Phi) is 4.51. The van der Waals surface area contributed by atoms with Gasteiger partial charge in [0.05, 0.1) is 12.1 Å². The van der Waals surface area contributed by atoms with Crippen LogP contribution < -0.4 is 5.56 Å². The third-order valence-corrected chi connectivity index (χ3v) is 6.85. The molecule has 6 heteroatoms. The Hall–Kier alpha value is -2.47. The van der Waals surface area contributed by atoms with Crippen molar-refractivity contribution >= 4 is 22.3 Å². The van der Waals surface area contributed by atoms with Crippen LogP contribution in [0.5, 0.6) is 0 Å². The number of nitrogens with zero attached hydrogens (tertiary/aromatic N) is 2. The molecule has 0 fully saturated rings. The fourth-order valence-corrected chi connectivity index (χ4v) is 5.56. The highest BCUT2D eigenvalue weighted by molar-refractivity contribution is 7.17. The Morgan fingerprint density at radius 1 is 1.07 bits per heavy atom. The van der Waals surface area contributed by atoms with Gasteiger partial charge >= 0.3 is 5.97 Å². The van der Waals surface area contributed by atoms with Crippen molar-refractivity contribution in [2.75, 3.05) is 0 Å². The van der Waals surface area contributed by atoms with E-state index in [0.717, 1.165) is 43.4 Å². The fraction of sp³-hybridized carbons (Fsp3) is 0.409. The summed E-state index contributed by atoms with van der Waals surface area (Å²) in [4.78, 5) is 31.4. The third kappa shape index (κ3) is 3.26. The second-order valence-electron chi connectivity index (χ2n) is 7.68. The summed E-state index contributed by atoms with van der Waals surface area (Å²) in [6.45, 7) is 0.0398. The van der Waals surface area contributed by atoms with E-state index < -0.39 is 0 Å². The SMILES string of the molecule is O=C(Cc1ccc2c(c1)CCC2)OCc1cc(=O)n2c3c(sc2n1)CCCC3. The monoisotopic (exact) mass is 394 g/mol. The number of benzene rings is 1. The Balaban J connectivity index is 1.29. The highest BCUT2D eigenvalue weighted by Crippen LogP contribution is 2.28. The number of thiazole rings is 1. The van der Waals surface area contributed by atoms with Gasteiger partial charge in [-0.15, -0.1) is 11.3 Å². The van der Waals surface area contributed by atoms with Gasteiger partial charge in [-0.2, -0.15) is 0 Å². The van der Waals surface area contributed by atoms with Crippen LogP contribution >= 0.6 is 11.3 Å². The minimum Gasteiger partial charge on any atom is -0.459 e. The molecule has 0 radical (unpaired) electrons. The second kappa shape index (κ2) is 7.17. The summed E-state index contributed by atoms with van der Waals surface area (Å²) in [6, 6.07) is 7.76. The van der Waals surface area contributed by atoms with E-state index in [4.69, 9.17) is 4.74 Å². The van der Waals surface area contributed by atoms with E-state index in [2.05, 4.69) is 17.1 Å². The van der Waals surface area contributed by atoms with Gasteiger partial charge < -0.3 is 4.74 Å². The third-order valence-electron chi connectivity index (χ3n) is 5.71. The molecule has 0 unspecified atom stereocenters. The molecule has 28 heavy (non-hydrogen) atoms. The lowest BCUT2D eigenvalue weighted by molar-refractivity contribution is -0.144. The van der Waals surface area contributed by atoms with E-state index in [9.17, 15) is 9.59 Å². The summed E-state index contributed by atoms with van der Waals surface area (Å²) >= 11 is 1.59. The van der Waals surface area contributed by atoms with Gasteiger partial charge in [0.1, 0.15) is 6.61 Å². The molecule has 0 bridgehead atoms. The molecule has 0 saturated carbocycles. The van der Waals surface area contributed by atoms with Crippen molar-refractivity contribution in [1.29, 1.82) is 0 Å². The lowest BCUT2D eigenvalue weighted by atomic mass is 10.0. The first-order chi connectivity index (χ1) is 13.7. The van der Waals surface area contributed by atoms with Crippen LogP contribution in [0.1, 0.15) is 52.2 Å². The largest absolute Gasteiger partial charge is 0.459 e. The van der Waals surface area contributed by atoms with E-state index in [-0.39, 0.29) is 24.6 Å². The summed E-state index contributed by atoms with van der Waals surface area (Å²) in [5.41, 5.74) is 5.30. The number of rotatable bonds is 4. The van der Waals surface area contributed by atoms with Crippen molar-refractivity contribution in [3.63, 3.8) is 0 Å². The van der Waals surface area contributed by atoms with Gasteiger partial charge in [-0.05, 0) is 61.6 Å². The zero-order chi connectivity index (χ0) is 19.1. The molecule has 5 nitrogen and oxygen atoms in total. The molecule has 2 aliphatic rings. The van der Waals surface area contributed by atoms with Crippen molar-refractivity contribution in [1.82, 2.24) is 9.38 Å². The van der Waals surface area contributed by atoms with Gasteiger partial charge in [0.2, 0.25) is 0 Å². The number of ether oxygens (including phenoxy) is 1. The first kappa shape index (κ1) is 17.6. The number of hydrogen-bond acceptors (Lipinski definition) is 5. The molecule has 0 N–H and O–H groups in total. The Labute approximate surface area is 167 Å². The van der Waals surface area contributed by atoms with Crippen molar-refractivity contribution in [3.05, 3.63) is 67.6 Å². The first-order valence-corrected chi connectivity index (χ1v) is 10.8. The van der Waals surface area contributed by atoms with E-state index in [1.165, 1.54) is 34.9 Å². The smallest absolute Gasteiger partial charge is 0.310 e. The Morgan fingerprint density at radius 2 is 1.93 bits per heavy atom. The number of carbonyl (C=O) groups is 1. The van der Waals surface area contributed by atoms with Gasteiger partial charge in [-0.1, -0.05) is 18.2 Å². The molecule has 2 aliphatic carbocycles. The van der Waals surface area contributed by atoms with Crippen molar-refractivity contribution in [2.24, 2.45) is 0 Å². The van der Waals surface area contributed by atoms with E-state index in [1.807, 2.05) is 6.07 Å². The summed E-state index contributed by atoms with van der Waals surface area (Å²) < 4.78 is 7.14. The maximum atomic E-state index is 12.6. The number of aryl methyl sites for hydroxylation is 4. The number of aromatic nitrogens is 2. The minimum atomic E-state index is -0.287. The zero-order valence-corrected chi connectivity index (χ0v) is 16.5. The number of carbonyl (C=O) groups excluding carboxylic acids is 1. The first-order valence-electron chi connectivity index (χ1n) is 9.97. The molecule has 5 rings (SSSR count). The van der Waals surface area contributed by atoms with Gasteiger partial charge in [0.25, 0.3) is 5.56 Å². The lowest BCUT2D eigenvalue weighted by Crippen LogP contribution is -2.19. The summed E-state index contributed by atoms with van der Waals surface area (Å²) in [6.07, 6.45) is 7.92. The molecule has 0 spiro atoms. The molecule has 0 aliphatic heterocycles. The van der Waals surface area contributed by atoms with Gasteiger partial charge in [0.15, 0.2) is 4.96 Å². The molecule has 1 aromatic carbocycles. The van der Waals surface area contributed by atoms with Crippen LogP contribution in [-0.2, 0) is 48.2 Å². The van der Waals surface area contributed by atoms with Crippen molar-refractivity contribution in [2.45, 2.75) is 58.0 Å². The topological polar surface area (TPSA) is 60.7 Å². The molecular weight excluding hydrogens is 372 g/mol. The Morgan fingerprint density at radius 3 is 2.86 bits per heavy atom. The predicted molar refractivity (Wildman–Crippen MR) is 108 cm³/mol. The molecule has 144 valence electrons. The molecule has 0 saturated heterocycles. The standard InChI is InChI=1S/C22H22N2O3S/c25-20-12-17(23-22-24(20)18-6-1-2-7-19(18)28-22)13-27-21(26)11-14-8-9-15-4-3-5-16(15)10-14/h8-10,12H,1-7,11,13H2. The minimum absolute atomic E-state index is 0.0398. The second-order valence-corrected chi connectivity index (χ2v) is 8.74. The fourth-order valence-electron chi connectivity index (χ4n) is 4.32. The van der Waals surface area contributed by atoms with Crippen LogP contribution in [0.4, 0.5) is 0 Å². The van der Waals surface area contributed by atoms with Gasteiger partial charge in [-0.25, -0.2) is 4.98 Å². The van der Waals surface area contributed by atoms with Crippen LogP contribution in [0.25, 0.3) is 4.96 Å². The molecule has 0 amide bonds. The maximum absolute atomic E-state index is 12.6. The van der Waals surface area contributed by atoms with E-state index >= 15 is 0 Å². The molecule has 2 aromatic heterocycles. The van der Waals surface area contributed by atoms with Gasteiger partial charge in [0, 0.05) is 16.6 Å². The van der Waals surface area contributed by atoms with Crippen molar-refractivity contribution in [3.8, 4) is 0 Å². The molecule has 2 heterocycles. The molecular formula is C22H22N2O3S. The summed E-state index contributed by atoms with van der Waals surface area (Å²) in [7, 11) is 0. The van der Waals surface area contributed by atoms with Crippen LogP contribution in [0.15, 0.2) is 29.1 Å². The maximum Gasteiger partial charge on any atom is 0.310 e. The molecule has 0 atom stereocenters. The number of esters is 1. The molecule has 3 aromatic rings. The quantitative estimate of drug-likeness (QED) is 0.636. The zero-order valence-electron chi connectivity index (χ0n) is 15.7. The van der Waals surface area contributed by atoms with Crippen LogP contribution in [0.2, 0.25) is 0 Å². The van der Waals surface area contributed by atoms with Crippen LogP contribution in [0.3, 0.4) is 0 Å². The highest BCUT2D eigenvalue weighted by Gasteiger charge is 2.19. The van der Waals surface area contributed by atoms with E-state index in [1.54, 1.807) is 15.7 Å². The summed E-state index contributed by atoms with van der Waals surface area (Å²) in [5, 5.41) is 0. The predicted octanol–water partition coefficient (Wildman–Crippen LogP) is 3.41. The average Bonchev–Trinajstić information content (AvgIpc) is 3.30. The van der Waals surface area contributed by atoms with Crippen LogP contribution in [0, 0.1) is 0 Å². The lowest BCUT2D eigenvalue weighted by Gasteiger charge is -2.10. The van der Waals surface area contributed by atoms with Crippen LogP contribution in [-0.4, -0.2) is 15.4 Å².